The second kappa shape index (κ2) is 5.39. The maximum absolute atomic E-state index is 6.14. The van der Waals surface area contributed by atoms with E-state index in [9.17, 15) is 0 Å². The number of ether oxygens (including phenoxy) is 1. The van der Waals surface area contributed by atoms with Crippen molar-refractivity contribution in [1.29, 1.82) is 0 Å². The number of nitrogens with one attached hydrogen (secondary N) is 1. The van der Waals surface area contributed by atoms with E-state index in [1.54, 1.807) is 0 Å². The molecule has 0 aliphatic heterocycles. The number of hydrogen-bond acceptors (Lipinski definition) is 3. The van der Waals surface area contributed by atoms with Crippen molar-refractivity contribution >= 4 is 0 Å². The first-order valence-electron chi connectivity index (χ1n) is 7.00. The lowest BCUT2D eigenvalue weighted by atomic mass is 10.1. The molecule has 0 heterocycles. The van der Waals surface area contributed by atoms with Gasteiger partial charge in [0.2, 0.25) is 0 Å². The second-order valence-electron chi connectivity index (χ2n) is 5.50. The number of hydrogen-bond donors (Lipinski definition) is 2. The molecule has 3 rings (SSSR count). The Kier molecular flexibility index (Phi) is 3.64. The van der Waals surface area contributed by atoms with Crippen LogP contribution in [0, 0.1) is 5.92 Å². The zero-order valence-corrected chi connectivity index (χ0v) is 10.8. The van der Waals surface area contributed by atoms with Crippen molar-refractivity contribution in [2.24, 2.45) is 11.7 Å². The summed E-state index contributed by atoms with van der Waals surface area (Å²) in [5, 5.41) is 3.56. The lowest BCUT2D eigenvalue weighted by Crippen LogP contribution is -2.24. The van der Waals surface area contributed by atoms with Gasteiger partial charge in [0.25, 0.3) is 0 Å². The Morgan fingerprint density at radius 2 is 2.00 bits per heavy atom. The monoisotopic (exact) mass is 246 g/mol. The van der Waals surface area contributed by atoms with Crippen LogP contribution < -0.4 is 11.1 Å². The second-order valence-corrected chi connectivity index (χ2v) is 5.50. The van der Waals surface area contributed by atoms with Crippen LogP contribution in [-0.2, 0) is 4.74 Å². The molecule has 0 saturated heterocycles. The predicted octanol–water partition coefficient (Wildman–Crippen LogP) is 2.15. The summed E-state index contributed by atoms with van der Waals surface area (Å²) in [5.41, 5.74) is 8.81. The highest BCUT2D eigenvalue weighted by Gasteiger charge is 2.27. The molecule has 0 radical (unpaired) electrons. The van der Waals surface area contributed by atoms with Crippen LogP contribution in [0.15, 0.2) is 24.3 Å². The van der Waals surface area contributed by atoms with Crippen LogP contribution in [0.1, 0.15) is 42.5 Å². The summed E-state index contributed by atoms with van der Waals surface area (Å²) in [7, 11) is 0. The maximum atomic E-state index is 6.14. The molecule has 1 fully saturated rings. The molecule has 2 aliphatic rings. The van der Waals surface area contributed by atoms with E-state index < -0.39 is 0 Å². The Bertz CT molecular complexity index is 403. The molecule has 1 aromatic carbocycles. The fourth-order valence-corrected chi connectivity index (χ4v) is 2.71. The van der Waals surface area contributed by atoms with Gasteiger partial charge >= 0.3 is 0 Å². The van der Waals surface area contributed by atoms with Crippen LogP contribution in [0.25, 0.3) is 0 Å². The van der Waals surface area contributed by atoms with Crippen molar-refractivity contribution in [3.63, 3.8) is 0 Å². The minimum Gasteiger partial charge on any atom is -0.380 e. The molecule has 2 unspecified atom stereocenters. The molecule has 0 aromatic heterocycles. The molecule has 0 spiro atoms. The normalized spacial score (nSPS) is 26.3. The Balaban J connectivity index is 1.45. The number of fused-ring (bicyclic) bond motifs is 1. The summed E-state index contributed by atoms with van der Waals surface area (Å²) < 4.78 is 5.64. The molecule has 18 heavy (non-hydrogen) atoms. The van der Waals surface area contributed by atoms with Gasteiger partial charge in [-0.3, -0.25) is 0 Å². The third kappa shape index (κ3) is 2.74. The Labute approximate surface area is 109 Å². The van der Waals surface area contributed by atoms with E-state index in [0.717, 1.165) is 32.1 Å². The summed E-state index contributed by atoms with van der Waals surface area (Å²) in [5.74, 6) is 0.852. The molecule has 0 amide bonds. The summed E-state index contributed by atoms with van der Waals surface area (Å²) >= 11 is 0. The molecule has 1 aromatic rings. The van der Waals surface area contributed by atoms with Gasteiger partial charge in [0.1, 0.15) is 0 Å². The Morgan fingerprint density at radius 3 is 2.78 bits per heavy atom. The van der Waals surface area contributed by atoms with Crippen LogP contribution in [-0.4, -0.2) is 19.8 Å². The molecule has 3 N–H and O–H groups in total. The molecule has 0 bridgehead atoms. The van der Waals surface area contributed by atoms with Crippen molar-refractivity contribution in [3.8, 4) is 0 Å². The number of nitrogens with two attached hydrogens (primary N) is 1. The lowest BCUT2D eigenvalue weighted by Gasteiger charge is -2.14. The van der Waals surface area contributed by atoms with E-state index in [-0.39, 0.29) is 6.04 Å². The molecular formula is C15H22N2O. The average Bonchev–Trinajstić information content (AvgIpc) is 3.16. The van der Waals surface area contributed by atoms with Gasteiger partial charge < -0.3 is 15.8 Å². The van der Waals surface area contributed by atoms with Gasteiger partial charge in [0.05, 0.1) is 6.61 Å². The van der Waals surface area contributed by atoms with Crippen LogP contribution in [0.5, 0.6) is 0 Å². The Morgan fingerprint density at radius 1 is 1.22 bits per heavy atom. The minimum absolute atomic E-state index is 0.186. The maximum Gasteiger partial charge on any atom is 0.0591 e. The molecule has 98 valence electrons. The smallest absolute Gasteiger partial charge is 0.0591 e. The van der Waals surface area contributed by atoms with Crippen LogP contribution in [0.3, 0.4) is 0 Å². The highest BCUT2D eigenvalue weighted by Crippen LogP contribution is 2.36. The van der Waals surface area contributed by atoms with Gasteiger partial charge in [-0.1, -0.05) is 24.3 Å². The van der Waals surface area contributed by atoms with Crippen LogP contribution >= 0.6 is 0 Å². The van der Waals surface area contributed by atoms with Gasteiger partial charge in [-0.25, -0.2) is 0 Å². The predicted molar refractivity (Wildman–Crippen MR) is 72.3 cm³/mol. The largest absolute Gasteiger partial charge is 0.380 e. The zero-order valence-electron chi connectivity index (χ0n) is 10.8. The van der Waals surface area contributed by atoms with E-state index >= 15 is 0 Å². The van der Waals surface area contributed by atoms with Crippen LogP contribution in [0.2, 0.25) is 0 Å². The summed E-state index contributed by atoms with van der Waals surface area (Å²) in [4.78, 5) is 0. The van der Waals surface area contributed by atoms with Crippen molar-refractivity contribution in [1.82, 2.24) is 5.32 Å². The van der Waals surface area contributed by atoms with Crippen molar-refractivity contribution in [2.45, 2.75) is 31.3 Å². The lowest BCUT2D eigenvalue weighted by molar-refractivity contribution is 0.124. The summed E-state index contributed by atoms with van der Waals surface area (Å²) in [6, 6.07) is 9.08. The SMILES string of the molecule is NC1CC(NCCOCC2CC2)c2ccccc21. The highest BCUT2D eigenvalue weighted by molar-refractivity contribution is 5.37. The van der Waals surface area contributed by atoms with Gasteiger partial charge in [0.15, 0.2) is 0 Å². The minimum atomic E-state index is 0.186. The van der Waals surface area contributed by atoms with Crippen molar-refractivity contribution < 1.29 is 4.74 Å². The van der Waals surface area contributed by atoms with E-state index in [1.807, 2.05) is 0 Å². The first kappa shape index (κ1) is 12.2. The van der Waals surface area contributed by atoms with Gasteiger partial charge in [-0.05, 0) is 36.3 Å². The van der Waals surface area contributed by atoms with Crippen molar-refractivity contribution in [2.75, 3.05) is 19.8 Å². The topological polar surface area (TPSA) is 47.3 Å². The van der Waals surface area contributed by atoms with Gasteiger partial charge in [-0.15, -0.1) is 0 Å². The molecule has 2 aliphatic carbocycles. The molecule has 1 saturated carbocycles. The quantitative estimate of drug-likeness (QED) is 0.756. The number of benzene rings is 1. The van der Waals surface area contributed by atoms with E-state index in [2.05, 4.69) is 29.6 Å². The van der Waals surface area contributed by atoms with Gasteiger partial charge in [-0.2, -0.15) is 0 Å². The van der Waals surface area contributed by atoms with E-state index in [1.165, 1.54) is 24.0 Å². The van der Waals surface area contributed by atoms with E-state index in [0.29, 0.717) is 6.04 Å². The summed E-state index contributed by atoms with van der Waals surface area (Å²) in [6.07, 6.45) is 3.72. The highest BCUT2D eigenvalue weighted by atomic mass is 16.5. The molecule has 3 heteroatoms. The van der Waals surface area contributed by atoms with Gasteiger partial charge in [0, 0.05) is 25.2 Å². The number of rotatable bonds is 6. The third-order valence-electron chi connectivity index (χ3n) is 3.95. The van der Waals surface area contributed by atoms with E-state index in [4.69, 9.17) is 10.5 Å². The van der Waals surface area contributed by atoms with Crippen LogP contribution in [0.4, 0.5) is 0 Å². The molecule has 3 nitrogen and oxygen atoms in total. The third-order valence-corrected chi connectivity index (χ3v) is 3.95. The van der Waals surface area contributed by atoms with Crippen molar-refractivity contribution in [3.05, 3.63) is 35.4 Å². The first-order valence-corrected chi connectivity index (χ1v) is 7.00. The average molecular weight is 246 g/mol. The fraction of sp³-hybridized carbons (Fsp3) is 0.600. The summed E-state index contributed by atoms with van der Waals surface area (Å²) in [6.45, 7) is 2.67. The molecule has 2 atom stereocenters. The zero-order chi connectivity index (χ0) is 12.4. The standard InChI is InChI=1S/C15H22N2O/c16-14-9-15(13-4-2-1-3-12(13)14)17-7-8-18-10-11-5-6-11/h1-4,11,14-15,17H,5-10,16H2. The molecular weight excluding hydrogens is 224 g/mol. The Hall–Kier alpha value is -0.900. The first-order chi connectivity index (χ1) is 8.84. The fourth-order valence-electron chi connectivity index (χ4n) is 2.71.